The van der Waals surface area contributed by atoms with Crippen LogP contribution in [0.4, 0.5) is 0 Å². The van der Waals surface area contributed by atoms with Crippen molar-refractivity contribution in [1.29, 1.82) is 0 Å². The lowest BCUT2D eigenvalue weighted by atomic mass is 10.00. The summed E-state index contributed by atoms with van der Waals surface area (Å²) in [5, 5.41) is 8.49. The molecule has 1 N–H and O–H groups in total. The first-order valence-electron chi connectivity index (χ1n) is 6.76. The zero-order chi connectivity index (χ0) is 14.5. The molecule has 0 bridgehead atoms. The Morgan fingerprint density at radius 3 is 2.85 bits per heavy atom. The SMILES string of the molecule is CCNC(CCc1cnn(C)c1)c1ccc(Cl)c(Br)c1. The number of nitrogens with one attached hydrogen (secondary N) is 1. The monoisotopic (exact) mass is 355 g/mol. The number of nitrogens with zero attached hydrogens (tertiary/aromatic N) is 2. The molecule has 0 aliphatic rings. The molecule has 1 unspecified atom stereocenters. The maximum atomic E-state index is 6.06. The molecule has 0 aliphatic carbocycles. The van der Waals surface area contributed by atoms with E-state index >= 15 is 0 Å². The first kappa shape index (κ1) is 15.5. The average molecular weight is 357 g/mol. The Labute approximate surface area is 133 Å². The van der Waals surface area contributed by atoms with E-state index in [4.69, 9.17) is 11.6 Å². The van der Waals surface area contributed by atoms with Gasteiger partial charge in [0.05, 0.1) is 11.2 Å². The van der Waals surface area contributed by atoms with Gasteiger partial charge in [-0.1, -0.05) is 24.6 Å². The lowest BCUT2D eigenvalue weighted by Crippen LogP contribution is -2.21. The molecule has 0 radical (unpaired) electrons. The number of hydrogen-bond acceptors (Lipinski definition) is 2. The van der Waals surface area contributed by atoms with E-state index in [1.807, 2.05) is 24.0 Å². The highest BCUT2D eigenvalue weighted by Crippen LogP contribution is 2.28. The van der Waals surface area contributed by atoms with Crippen LogP contribution in [0, 0.1) is 0 Å². The van der Waals surface area contributed by atoms with Gasteiger partial charge in [0.2, 0.25) is 0 Å². The summed E-state index contributed by atoms with van der Waals surface area (Å²) in [6, 6.07) is 6.45. The molecule has 1 aromatic carbocycles. The van der Waals surface area contributed by atoms with Crippen molar-refractivity contribution in [3.05, 3.63) is 51.2 Å². The molecule has 0 saturated carbocycles. The third-order valence-corrected chi connectivity index (χ3v) is 4.49. The Hall–Kier alpha value is -0.840. The summed E-state index contributed by atoms with van der Waals surface area (Å²) in [5.74, 6) is 0. The predicted molar refractivity (Wildman–Crippen MR) is 87.1 cm³/mol. The summed E-state index contributed by atoms with van der Waals surface area (Å²) < 4.78 is 2.79. The summed E-state index contributed by atoms with van der Waals surface area (Å²) in [7, 11) is 1.95. The van der Waals surface area contributed by atoms with Gasteiger partial charge >= 0.3 is 0 Å². The van der Waals surface area contributed by atoms with E-state index < -0.39 is 0 Å². The van der Waals surface area contributed by atoms with Crippen LogP contribution in [-0.4, -0.2) is 16.3 Å². The predicted octanol–water partition coefficient (Wildman–Crippen LogP) is 4.12. The molecule has 0 spiro atoms. The first-order chi connectivity index (χ1) is 9.60. The zero-order valence-corrected chi connectivity index (χ0v) is 14.1. The van der Waals surface area contributed by atoms with E-state index in [-0.39, 0.29) is 0 Å². The van der Waals surface area contributed by atoms with E-state index in [9.17, 15) is 0 Å². The van der Waals surface area contributed by atoms with Gasteiger partial charge in [0.1, 0.15) is 0 Å². The summed E-state index contributed by atoms with van der Waals surface area (Å²) >= 11 is 9.55. The van der Waals surface area contributed by atoms with Crippen molar-refractivity contribution in [3.63, 3.8) is 0 Å². The van der Waals surface area contributed by atoms with Crippen LogP contribution in [0.25, 0.3) is 0 Å². The third kappa shape index (κ3) is 4.08. The fourth-order valence-corrected chi connectivity index (χ4v) is 2.79. The van der Waals surface area contributed by atoms with Crippen LogP contribution in [0.5, 0.6) is 0 Å². The standard InChI is InChI=1S/C15H19BrClN3/c1-3-18-15(7-4-11-9-19-20(2)10-11)12-5-6-14(17)13(16)8-12/h5-6,8-10,15,18H,3-4,7H2,1-2H3. The maximum absolute atomic E-state index is 6.06. The molecular weight excluding hydrogens is 338 g/mol. The minimum atomic E-state index is 0.328. The van der Waals surface area contributed by atoms with Gasteiger partial charge in [-0.2, -0.15) is 5.10 Å². The molecule has 1 aromatic heterocycles. The number of hydrogen-bond donors (Lipinski definition) is 1. The lowest BCUT2D eigenvalue weighted by molar-refractivity contribution is 0.515. The van der Waals surface area contributed by atoms with Crippen LogP contribution in [0.3, 0.4) is 0 Å². The minimum Gasteiger partial charge on any atom is -0.310 e. The van der Waals surface area contributed by atoms with E-state index in [0.717, 1.165) is 28.9 Å². The molecule has 108 valence electrons. The first-order valence-corrected chi connectivity index (χ1v) is 7.93. The van der Waals surface area contributed by atoms with Gasteiger partial charge in [-0.05, 0) is 58.6 Å². The summed E-state index contributed by atoms with van der Waals surface area (Å²) in [5.41, 5.74) is 2.52. The number of aromatic nitrogens is 2. The molecule has 0 saturated heterocycles. The molecule has 0 fully saturated rings. The molecule has 2 aromatic rings. The van der Waals surface area contributed by atoms with Crippen LogP contribution in [-0.2, 0) is 13.5 Å². The quantitative estimate of drug-likeness (QED) is 0.844. The summed E-state index contributed by atoms with van der Waals surface area (Å²) in [4.78, 5) is 0. The molecule has 1 atom stereocenters. The van der Waals surface area contributed by atoms with E-state index in [1.165, 1.54) is 11.1 Å². The van der Waals surface area contributed by atoms with Crippen molar-refractivity contribution in [2.75, 3.05) is 6.54 Å². The molecule has 3 nitrogen and oxygen atoms in total. The van der Waals surface area contributed by atoms with E-state index in [0.29, 0.717) is 6.04 Å². The highest BCUT2D eigenvalue weighted by atomic mass is 79.9. The molecule has 20 heavy (non-hydrogen) atoms. The van der Waals surface area contributed by atoms with Gasteiger partial charge in [-0.3, -0.25) is 4.68 Å². The molecule has 5 heteroatoms. The normalized spacial score (nSPS) is 12.6. The number of aryl methyl sites for hydroxylation is 2. The number of halogens is 2. The third-order valence-electron chi connectivity index (χ3n) is 3.28. The lowest BCUT2D eigenvalue weighted by Gasteiger charge is -2.18. The van der Waals surface area contributed by atoms with Crippen molar-refractivity contribution >= 4 is 27.5 Å². The van der Waals surface area contributed by atoms with Crippen molar-refractivity contribution in [2.45, 2.75) is 25.8 Å². The second-order valence-electron chi connectivity index (χ2n) is 4.84. The van der Waals surface area contributed by atoms with Crippen LogP contribution in [0.2, 0.25) is 5.02 Å². The fourth-order valence-electron chi connectivity index (χ4n) is 2.27. The molecule has 0 amide bonds. The van der Waals surface area contributed by atoms with Gasteiger partial charge in [0.25, 0.3) is 0 Å². The van der Waals surface area contributed by atoms with Crippen molar-refractivity contribution in [1.82, 2.24) is 15.1 Å². The topological polar surface area (TPSA) is 29.9 Å². The van der Waals surface area contributed by atoms with Crippen LogP contribution in [0.15, 0.2) is 35.1 Å². The van der Waals surface area contributed by atoms with Crippen LogP contribution >= 0.6 is 27.5 Å². The number of benzene rings is 1. The molecule has 1 heterocycles. The van der Waals surface area contributed by atoms with Crippen LogP contribution < -0.4 is 5.32 Å². The summed E-state index contributed by atoms with van der Waals surface area (Å²) in [6.45, 7) is 3.07. The van der Waals surface area contributed by atoms with Crippen LogP contribution in [0.1, 0.15) is 30.5 Å². The van der Waals surface area contributed by atoms with E-state index in [1.54, 1.807) is 0 Å². The van der Waals surface area contributed by atoms with Crippen molar-refractivity contribution < 1.29 is 0 Å². The Balaban J connectivity index is 2.07. The van der Waals surface area contributed by atoms with Gasteiger partial charge in [-0.25, -0.2) is 0 Å². The summed E-state index contributed by atoms with van der Waals surface area (Å²) in [6.07, 6.45) is 6.04. The highest BCUT2D eigenvalue weighted by molar-refractivity contribution is 9.10. The highest BCUT2D eigenvalue weighted by Gasteiger charge is 2.12. The molecule has 0 aliphatic heterocycles. The minimum absolute atomic E-state index is 0.328. The second kappa shape index (κ2) is 7.25. The smallest absolute Gasteiger partial charge is 0.0548 e. The Kier molecular flexibility index (Phi) is 5.64. The molecular formula is C15H19BrClN3. The van der Waals surface area contributed by atoms with Gasteiger partial charge in [0.15, 0.2) is 0 Å². The van der Waals surface area contributed by atoms with E-state index in [2.05, 4.69) is 51.6 Å². The fraction of sp³-hybridized carbons (Fsp3) is 0.400. The Morgan fingerprint density at radius 2 is 2.25 bits per heavy atom. The van der Waals surface area contributed by atoms with Crippen molar-refractivity contribution in [2.24, 2.45) is 7.05 Å². The Bertz CT molecular complexity index is 568. The maximum Gasteiger partial charge on any atom is 0.0548 e. The van der Waals surface area contributed by atoms with Crippen molar-refractivity contribution in [3.8, 4) is 0 Å². The Morgan fingerprint density at radius 1 is 1.45 bits per heavy atom. The van der Waals surface area contributed by atoms with Gasteiger partial charge in [0, 0.05) is 23.8 Å². The molecule has 2 rings (SSSR count). The van der Waals surface area contributed by atoms with Gasteiger partial charge < -0.3 is 5.32 Å². The average Bonchev–Trinajstić information content (AvgIpc) is 2.84. The van der Waals surface area contributed by atoms with Gasteiger partial charge in [-0.15, -0.1) is 0 Å². The second-order valence-corrected chi connectivity index (χ2v) is 6.11. The number of rotatable bonds is 6. The largest absolute Gasteiger partial charge is 0.310 e. The zero-order valence-electron chi connectivity index (χ0n) is 11.7.